The molecule has 0 saturated heterocycles. The van der Waals surface area contributed by atoms with Crippen LogP contribution in [0.5, 0.6) is 0 Å². The lowest BCUT2D eigenvalue weighted by molar-refractivity contribution is -0.130. The zero-order chi connectivity index (χ0) is 25.7. The van der Waals surface area contributed by atoms with Crippen LogP contribution in [0.25, 0.3) is 22.6 Å². The van der Waals surface area contributed by atoms with E-state index in [9.17, 15) is 9.90 Å². The maximum Gasteiger partial charge on any atom is 0.258 e. The molecule has 0 saturated carbocycles. The summed E-state index contributed by atoms with van der Waals surface area (Å²) in [5, 5.41) is 21.1. The average Bonchev–Trinajstić information content (AvgIpc) is 3.32. The molecule has 36 heavy (non-hydrogen) atoms. The Morgan fingerprint density at radius 3 is 2.58 bits per heavy atom. The van der Waals surface area contributed by atoms with Gasteiger partial charge in [0.1, 0.15) is 11.3 Å². The van der Waals surface area contributed by atoms with E-state index in [-0.39, 0.29) is 5.95 Å². The second-order valence-electron chi connectivity index (χ2n) is 8.55. The Bertz CT molecular complexity index is 1430. The summed E-state index contributed by atoms with van der Waals surface area (Å²) in [5.41, 5.74) is 2.85. The predicted molar refractivity (Wildman–Crippen MR) is 133 cm³/mol. The molecular weight excluding hydrogens is 458 g/mol. The molecule has 10 nitrogen and oxygen atoms in total. The molecule has 0 bridgehead atoms. The Kier molecular flexibility index (Phi) is 7.15. The summed E-state index contributed by atoms with van der Waals surface area (Å²) in [4.78, 5) is 25.9. The number of ether oxygens (including phenoxy) is 1. The van der Waals surface area contributed by atoms with Crippen LogP contribution in [0.1, 0.15) is 30.8 Å². The highest BCUT2D eigenvalue weighted by molar-refractivity contribution is 5.95. The number of aliphatic hydroxyl groups is 1. The van der Waals surface area contributed by atoms with Crippen LogP contribution in [-0.4, -0.2) is 53.7 Å². The number of nitrogens with zero attached hydrogens (tertiary/aromatic N) is 6. The van der Waals surface area contributed by atoms with Gasteiger partial charge >= 0.3 is 0 Å². The quantitative estimate of drug-likeness (QED) is 0.366. The number of nitrogens with one attached hydrogen (secondary N) is 1. The van der Waals surface area contributed by atoms with Crippen molar-refractivity contribution in [2.24, 2.45) is 0 Å². The third-order valence-electron chi connectivity index (χ3n) is 5.11. The Morgan fingerprint density at radius 1 is 1.08 bits per heavy atom. The number of pyridine rings is 1. The van der Waals surface area contributed by atoms with Crippen molar-refractivity contribution in [1.29, 1.82) is 0 Å². The lowest BCUT2D eigenvalue weighted by Gasteiger charge is -2.16. The molecule has 0 atom stereocenters. The molecule has 1 aromatic carbocycles. The number of rotatable bonds is 8. The van der Waals surface area contributed by atoms with Crippen molar-refractivity contribution < 1.29 is 14.6 Å². The molecule has 0 fully saturated rings. The first kappa shape index (κ1) is 24.7. The zero-order valence-corrected chi connectivity index (χ0v) is 20.1. The SMILES string of the molecule is C#Cc1cccc(-c2cc(-c3cn(Cc4cccc(COC)n4)nn3)nc(NC(=O)C(C)(C)O)n2)c1. The van der Waals surface area contributed by atoms with E-state index in [0.29, 0.717) is 35.8 Å². The molecule has 4 aromatic rings. The van der Waals surface area contributed by atoms with Gasteiger partial charge in [-0.15, -0.1) is 11.5 Å². The Hall–Kier alpha value is -4.46. The summed E-state index contributed by atoms with van der Waals surface area (Å²) in [5.74, 6) is 1.98. The topological polar surface area (TPSA) is 128 Å². The van der Waals surface area contributed by atoms with Gasteiger partial charge in [0.2, 0.25) is 5.95 Å². The number of terminal acetylenes is 1. The van der Waals surface area contributed by atoms with Gasteiger partial charge in [-0.25, -0.2) is 14.6 Å². The smallest absolute Gasteiger partial charge is 0.258 e. The summed E-state index contributed by atoms with van der Waals surface area (Å²) >= 11 is 0. The highest BCUT2D eigenvalue weighted by Crippen LogP contribution is 2.25. The molecule has 0 aliphatic carbocycles. The highest BCUT2D eigenvalue weighted by atomic mass is 16.5. The Balaban J connectivity index is 1.69. The second-order valence-corrected chi connectivity index (χ2v) is 8.55. The molecule has 4 rings (SSSR count). The minimum Gasteiger partial charge on any atom is -0.381 e. The molecule has 3 aromatic heterocycles. The predicted octanol–water partition coefficient (Wildman–Crippen LogP) is 2.68. The van der Waals surface area contributed by atoms with Gasteiger partial charge < -0.3 is 9.84 Å². The first-order chi connectivity index (χ1) is 17.2. The fourth-order valence-electron chi connectivity index (χ4n) is 3.31. The van der Waals surface area contributed by atoms with E-state index in [1.54, 1.807) is 24.1 Å². The third-order valence-corrected chi connectivity index (χ3v) is 5.11. The van der Waals surface area contributed by atoms with Crippen molar-refractivity contribution in [1.82, 2.24) is 29.9 Å². The fraction of sp³-hybridized carbons (Fsp3) is 0.231. The first-order valence-electron chi connectivity index (χ1n) is 11.1. The van der Waals surface area contributed by atoms with Gasteiger partial charge in [-0.05, 0) is 44.2 Å². The first-order valence-corrected chi connectivity index (χ1v) is 11.1. The molecule has 0 aliphatic rings. The maximum atomic E-state index is 12.4. The minimum absolute atomic E-state index is 0.0178. The normalized spacial score (nSPS) is 11.2. The fourth-order valence-corrected chi connectivity index (χ4v) is 3.31. The van der Waals surface area contributed by atoms with E-state index < -0.39 is 11.5 Å². The number of hydrogen-bond donors (Lipinski definition) is 2. The molecular formula is C26H25N7O3. The summed E-state index contributed by atoms with van der Waals surface area (Å²) in [6.07, 6.45) is 7.29. The molecule has 10 heteroatoms. The summed E-state index contributed by atoms with van der Waals surface area (Å²) in [6.45, 7) is 3.57. The number of amides is 1. The molecule has 1 amide bonds. The second kappa shape index (κ2) is 10.4. The van der Waals surface area contributed by atoms with Crippen molar-refractivity contribution >= 4 is 11.9 Å². The lowest BCUT2D eigenvalue weighted by atomic mass is 10.1. The molecule has 0 spiro atoms. The van der Waals surface area contributed by atoms with Crippen LogP contribution in [0.2, 0.25) is 0 Å². The number of carbonyl (C=O) groups is 1. The van der Waals surface area contributed by atoms with E-state index in [4.69, 9.17) is 11.2 Å². The molecule has 0 unspecified atom stereocenters. The van der Waals surface area contributed by atoms with E-state index in [0.717, 1.165) is 17.0 Å². The van der Waals surface area contributed by atoms with Crippen LogP contribution in [0.15, 0.2) is 54.7 Å². The lowest BCUT2D eigenvalue weighted by Crippen LogP contribution is -2.37. The van der Waals surface area contributed by atoms with Gasteiger partial charge in [-0.1, -0.05) is 29.3 Å². The summed E-state index contributed by atoms with van der Waals surface area (Å²) in [6, 6.07) is 14.7. The summed E-state index contributed by atoms with van der Waals surface area (Å²) < 4.78 is 6.79. The van der Waals surface area contributed by atoms with Crippen molar-refractivity contribution in [3.05, 3.63) is 71.7 Å². The number of anilines is 1. The molecule has 182 valence electrons. The van der Waals surface area contributed by atoms with Crippen molar-refractivity contribution in [3.63, 3.8) is 0 Å². The van der Waals surface area contributed by atoms with Crippen LogP contribution < -0.4 is 5.32 Å². The van der Waals surface area contributed by atoms with Crippen molar-refractivity contribution in [3.8, 4) is 35.0 Å². The van der Waals surface area contributed by atoms with Gasteiger partial charge in [0, 0.05) is 18.2 Å². The van der Waals surface area contributed by atoms with Gasteiger partial charge in [0.25, 0.3) is 5.91 Å². The number of methoxy groups -OCH3 is 1. The minimum atomic E-state index is -1.61. The Labute approximate surface area is 208 Å². The third kappa shape index (κ3) is 5.96. The maximum absolute atomic E-state index is 12.4. The molecule has 0 radical (unpaired) electrons. The van der Waals surface area contributed by atoms with Crippen LogP contribution in [-0.2, 0) is 22.7 Å². The van der Waals surface area contributed by atoms with Crippen LogP contribution in [0.4, 0.5) is 5.95 Å². The van der Waals surface area contributed by atoms with E-state index in [1.807, 2.05) is 42.5 Å². The number of hydrogen-bond acceptors (Lipinski definition) is 8. The van der Waals surface area contributed by atoms with Crippen molar-refractivity contribution in [2.75, 3.05) is 12.4 Å². The summed E-state index contributed by atoms with van der Waals surface area (Å²) in [7, 11) is 1.62. The van der Waals surface area contributed by atoms with Gasteiger partial charge in [-0.3, -0.25) is 15.1 Å². The average molecular weight is 484 g/mol. The molecule has 2 N–H and O–H groups in total. The Morgan fingerprint density at radius 2 is 1.83 bits per heavy atom. The number of aromatic nitrogens is 6. The van der Waals surface area contributed by atoms with E-state index in [2.05, 4.69) is 36.5 Å². The highest BCUT2D eigenvalue weighted by Gasteiger charge is 2.25. The largest absolute Gasteiger partial charge is 0.381 e. The van der Waals surface area contributed by atoms with Crippen molar-refractivity contribution in [2.45, 2.75) is 32.6 Å². The van der Waals surface area contributed by atoms with Gasteiger partial charge in [0.05, 0.1) is 42.1 Å². The van der Waals surface area contributed by atoms with Crippen LogP contribution >= 0.6 is 0 Å². The number of carbonyl (C=O) groups excluding carboxylic acids is 1. The van der Waals surface area contributed by atoms with E-state index >= 15 is 0 Å². The molecule has 0 aliphatic heterocycles. The van der Waals surface area contributed by atoms with Crippen LogP contribution in [0, 0.1) is 12.3 Å². The number of benzene rings is 1. The van der Waals surface area contributed by atoms with Gasteiger partial charge in [0.15, 0.2) is 0 Å². The standard InChI is InChI=1S/C26H25N7O3/c1-5-17-8-6-9-18(12-17)21-13-22(29-25(28-21)30-24(34)26(2,3)35)23-15-33(32-31-23)14-19-10-7-11-20(27-19)16-36-4/h1,6-13,15,35H,14,16H2,2-4H3,(H,28,29,30,34). The molecule has 3 heterocycles. The van der Waals surface area contributed by atoms with E-state index in [1.165, 1.54) is 13.8 Å². The monoisotopic (exact) mass is 483 g/mol. The zero-order valence-electron chi connectivity index (χ0n) is 20.1. The van der Waals surface area contributed by atoms with Crippen LogP contribution in [0.3, 0.4) is 0 Å². The van der Waals surface area contributed by atoms with Gasteiger partial charge in [-0.2, -0.15) is 0 Å².